The molecule has 128 valence electrons. The maximum absolute atomic E-state index is 13.3. The van der Waals surface area contributed by atoms with Crippen molar-refractivity contribution in [2.75, 3.05) is 7.05 Å². The number of H-pyrrole nitrogens is 1. The summed E-state index contributed by atoms with van der Waals surface area (Å²) in [6, 6.07) is 3.81. The summed E-state index contributed by atoms with van der Waals surface area (Å²) >= 11 is 0. The van der Waals surface area contributed by atoms with Gasteiger partial charge >= 0.3 is 5.97 Å². The van der Waals surface area contributed by atoms with E-state index in [0.717, 1.165) is 6.07 Å². The number of aromatic nitrogens is 4. The molecule has 0 saturated carbocycles. The molecule has 0 saturated heterocycles. The van der Waals surface area contributed by atoms with Gasteiger partial charge in [-0.3, -0.25) is 9.36 Å². The predicted molar refractivity (Wildman–Crippen MR) is 84.9 cm³/mol. The number of carboxylic acids is 1. The number of hydrogen-bond acceptors (Lipinski definition) is 4. The van der Waals surface area contributed by atoms with Crippen LogP contribution in [-0.2, 0) is 6.54 Å². The lowest BCUT2D eigenvalue weighted by atomic mass is 10.1. The zero-order chi connectivity index (χ0) is 18.0. The summed E-state index contributed by atoms with van der Waals surface area (Å²) in [5, 5.41) is 9.13. The number of aromatic carboxylic acids is 1. The standard InChI is InChI=1S/C13H10FN3O3.C3H4N2/c1-16-5-10-11(13(19)20)15-6-17(10)9-3-2-7(14)4-8(9)12(16)18;1-2-5-3-4-1/h2-4,6H,5H2,1H3,(H,19,20);1-3H,(H,4,5). The van der Waals surface area contributed by atoms with E-state index < -0.39 is 11.8 Å². The van der Waals surface area contributed by atoms with Crippen LogP contribution in [0.1, 0.15) is 26.5 Å². The van der Waals surface area contributed by atoms with Crippen molar-refractivity contribution in [1.29, 1.82) is 0 Å². The molecule has 0 spiro atoms. The molecule has 9 heteroatoms. The molecule has 0 fully saturated rings. The zero-order valence-electron chi connectivity index (χ0n) is 13.2. The summed E-state index contributed by atoms with van der Waals surface area (Å²) in [5.41, 5.74) is 0.886. The Labute approximate surface area is 141 Å². The predicted octanol–water partition coefficient (Wildman–Crippen LogP) is 1.70. The second-order valence-electron chi connectivity index (χ2n) is 5.30. The van der Waals surface area contributed by atoms with Crippen molar-refractivity contribution in [3.8, 4) is 5.69 Å². The minimum Gasteiger partial charge on any atom is -0.476 e. The van der Waals surface area contributed by atoms with Crippen molar-refractivity contribution in [1.82, 2.24) is 24.4 Å². The molecule has 1 amide bonds. The van der Waals surface area contributed by atoms with E-state index in [9.17, 15) is 14.0 Å². The second-order valence-corrected chi connectivity index (χ2v) is 5.30. The molecule has 0 radical (unpaired) electrons. The Bertz CT molecular complexity index is 903. The van der Waals surface area contributed by atoms with E-state index in [4.69, 9.17) is 5.11 Å². The molecule has 1 aliphatic heterocycles. The lowest BCUT2D eigenvalue weighted by molar-refractivity contribution is 0.0683. The fourth-order valence-electron chi connectivity index (χ4n) is 2.52. The Morgan fingerprint density at radius 1 is 1.40 bits per heavy atom. The first-order chi connectivity index (χ1) is 12.0. The van der Waals surface area contributed by atoms with Crippen LogP contribution in [0.15, 0.2) is 43.2 Å². The number of carbonyl (C=O) groups is 2. The van der Waals surface area contributed by atoms with Crippen LogP contribution < -0.4 is 0 Å². The van der Waals surface area contributed by atoms with Gasteiger partial charge in [-0.1, -0.05) is 0 Å². The quantitative estimate of drug-likeness (QED) is 0.700. The first kappa shape index (κ1) is 16.4. The van der Waals surface area contributed by atoms with Gasteiger partial charge in [0, 0.05) is 19.4 Å². The van der Waals surface area contributed by atoms with Gasteiger partial charge in [-0.25, -0.2) is 19.2 Å². The highest BCUT2D eigenvalue weighted by Gasteiger charge is 2.28. The maximum Gasteiger partial charge on any atom is 0.356 e. The number of benzene rings is 1. The topological polar surface area (TPSA) is 104 Å². The van der Waals surface area contributed by atoms with Gasteiger partial charge in [0.2, 0.25) is 0 Å². The summed E-state index contributed by atoms with van der Waals surface area (Å²) in [6.07, 6.45) is 6.42. The van der Waals surface area contributed by atoms with Gasteiger partial charge in [0.25, 0.3) is 5.91 Å². The average molecular weight is 343 g/mol. The van der Waals surface area contributed by atoms with E-state index in [-0.39, 0.29) is 23.7 Å². The third-order valence-electron chi connectivity index (χ3n) is 3.66. The molecule has 3 heterocycles. The molecular weight excluding hydrogens is 329 g/mol. The number of fused-ring (bicyclic) bond motifs is 3. The zero-order valence-corrected chi connectivity index (χ0v) is 13.2. The third-order valence-corrected chi connectivity index (χ3v) is 3.66. The minimum absolute atomic E-state index is 0.0940. The van der Waals surface area contributed by atoms with Crippen molar-refractivity contribution < 1.29 is 19.1 Å². The van der Waals surface area contributed by atoms with Gasteiger partial charge in [-0.2, -0.15) is 0 Å². The monoisotopic (exact) mass is 343 g/mol. The Balaban J connectivity index is 0.000000314. The number of nitrogens with one attached hydrogen (secondary N) is 1. The van der Waals surface area contributed by atoms with Crippen molar-refractivity contribution in [3.05, 3.63) is 66.0 Å². The van der Waals surface area contributed by atoms with Gasteiger partial charge in [0.1, 0.15) is 12.1 Å². The van der Waals surface area contributed by atoms with Gasteiger partial charge in [0.05, 0.1) is 29.8 Å². The molecule has 0 bridgehead atoms. The van der Waals surface area contributed by atoms with E-state index in [1.807, 2.05) is 0 Å². The highest BCUT2D eigenvalue weighted by atomic mass is 19.1. The molecule has 3 aromatic rings. The van der Waals surface area contributed by atoms with Crippen molar-refractivity contribution in [3.63, 3.8) is 0 Å². The number of carbonyl (C=O) groups excluding carboxylic acids is 1. The number of halogens is 1. The van der Waals surface area contributed by atoms with Crippen LogP contribution in [0.5, 0.6) is 0 Å². The Kier molecular flexibility index (Phi) is 4.29. The maximum atomic E-state index is 13.3. The molecule has 0 aliphatic carbocycles. The van der Waals surface area contributed by atoms with Crippen molar-refractivity contribution >= 4 is 11.9 Å². The molecule has 25 heavy (non-hydrogen) atoms. The van der Waals surface area contributed by atoms with E-state index in [1.54, 1.807) is 18.7 Å². The highest BCUT2D eigenvalue weighted by Crippen LogP contribution is 2.26. The number of amides is 1. The van der Waals surface area contributed by atoms with E-state index in [2.05, 4.69) is 15.0 Å². The van der Waals surface area contributed by atoms with Gasteiger partial charge in [-0.15, -0.1) is 0 Å². The first-order valence-electron chi connectivity index (χ1n) is 7.26. The summed E-state index contributed by atoms with van der Waals surface area (Å²) in [7, 11) is 1.53. The van der Waals surface area contributed by atoms with Crippen LogP contribution in [0.4, 0.5) is 4.39 Å². The molecule has 2 aromatic heterocycles. The minimum atomic E-state index is -1.16. The van der Waals surface area contributed by atoms with Crippen LogP contribution in [0.2, 0.25) is 0 Å². The van der Waals surface area contributed by atoms with Crippen LogP contribution in [-0.4, -0.2) is 48.4 Å². The smallest absolute Gasteiger partial charge is 0.356 e. The summed E-state index contributed by atoms with van der Waals surface area (Å²) in [5.74, 6) is -2.04. The number of rotatable bonds is 1. The third kappa shape index (κ3) is 3.11. The molecule has 1 aromatic carbocycles. The number of carboxylic acid groups (broad SMARTS) is 1. The molecular formula is C16H14FN5O3. The van der Waals surface area contributed by atoms with E-state index >= 15 is 0 Å². The number of aromatic amines is 1. The molecule has 0 atom stereocenters. The molecule has 0 unspecified atom stereocenters. The van der Waals surface area contributed by atoms with Gasteiger partial charge in [-0.05, 0) is 18.2 Å². The Hall–Kier alpha value is -3.49. The SMILES string of the molecule is CN1Cc2c(C(=O)O)ncn2-c2ccc(F)cc2C1=O.c1c[nH]cn1. The molecule has 4 rings (SSSR count). The molecule has 2 N–H and O–H groups in total. The fraction of sp³-hybridized carbons (Fsp3) is 0.125. The second kappa shape index (κ2) is 6.56. The van der Waals surface area contributed by atoms with Gasteiger partial charge in [0.15, 0.2) is 5.69 Å². The highest BCUT2D eigenvalue weighted by molar-refractivity contribution is 5.98. The summed E-state index contributed by atoms with van der Waals surface area (Å²) < 4.78 is 14.9. The first-order valence-corrected chi connectivity index (χ1v) is 7.26. The van der Waals surface area contributed by atoms with E-state index in [0.29, 0.717) is 11.4 Å². The van der Waals surface area contributed by atoms with E-state index in [1.165, 1.54) is 35.0 Å². The summed E-state index contributed by atoms with van der Waals surface area (Å²) in [4.78, 5) is 35.0. The van der Waals surface area contributed by atoms with Crippen LogP contribution in [0.25, 0.3) is 5.69 Å². The average Bonchev–Trinajstić information content (AvgIpc) is 3.25. The van der Waals surface area contributed by atoms with Crippen LogP contribution in [0, 0.1) is 5.82 Å². The fourth-order valence-corrected chi connectivity index (χ4v) is 2.52. The Morgan fingerprint density at radius 3 is 2.80 bits per heavy atom. The van der Waals surface area contributed by atoms with Gasteiger partial charge < -0.3 is 15.0 Å². The Morgan fingerprint density at radius 2 is 2.20 bits per heavy atom. The number of imidazole rings is 2. The van der Waals surface area contributed by atoms with Crippen molar-refractivity contribution in [2.24, 2.45) is 0 Å². The lowest BCUT2D eigenvalue weighted by Gasteiger charge is -2.14. The molecule has 8 nitrogen and oxygen atoms in total. The number of nitrogens with zero attached hydrogens (tertiary/aromatic N) is 4. The normalized spacial score (nSPS) is 12.6. The largest absolute Gasteiger partial charge is 0.476 e. The summed E-state index contributed by atoms with van der Waals surface area (Å²) in [6.45, 7) is 0.0940. The lowest BCUT2D eigenvalue weighted by Crippen LogP contribution is -2.25. The van der Waals surface area contributed by atoms with Crippen LogP contribution >= 0.6 is 0 Å². The van der Waals surface area contributed by atoms with Crippen molar-refractivity contribution in [2.45, 2.75) is 6.54 Å². The number of hydrogen-bond donors (Lipinski definition) is 2. The van der Waals surface area contributed by atoms with Crippen LogP contribution in [0.3, 0.4) is 0 Å². The molecule has 1 aliphatic rings.